The molecular weight excluding hydrogens is 329 g/mol. The molecule has 2 heterocycles. The van der Waals surface area contributed by atoms with Gasteiger partial charge in [-0.05, 0) is 20.3 Å². The van der Waals surface area contributed by atoms with Crippen molar-refractivity contribution in [3.8, 4) is 0 Å². The third kappa shape index (κ3) is 7.44. The quantitative estimate of drug-likeness (QED) is 0.698. The van der Waals surface area contributed by atoms with Crippen molar-refractivity contribution in [3.63, 3.8) is 0 Å². The molecule has 3 atom stereocenters. The van der Waals surface area contributed by atoms with Gasteiger partial charge in [0.05, 0.1) is 18.8 Å². The molecule has 22 heavy (non-hydrogen) atoms. The van der Waals surface area contributed by atoms with Crippen LogP contribution in [0.2, 0.25) is 0 Å². The van der Waals surface area contributed by atoms with Crippen molar-refractivity contribution in [1.29, 1.82) is 0 Å². The van der Waals surface area contributed by atoms with E-state index in [0.717, 1.165) is 32.6 Å². The van der Waals surface area contributed by atoms with Gasteiger partial charge in [-0.2, -0.15) is 0 Å². The molecule has 0 aliphatic carbocycles. The largest absolute Gasteiger partial charge is 0.373 e. The van der Waals surface area contributed by atoms with Gasteiger partial charge in [0.2, 0.25) is 5.91 Å². The molecule has 0 aromatic rings. The van der Waals surface area contributed by atoms with E-state index in [0.29, 0.717) is 31.9 Å². The Morgan fingerprint density at radius 2 is 1.95 bits per heavy atom. The van der Waals surface area contributed by atoms with Gasteiger partial charge in [0.1, 0.15) is 6.10 Å². The van der Waals surface area contributed by atoms with E-state index in [9.17, 15) is 4.79 Å². The van der Waals surface area contributed by atoms with Gasteiger partial charge < -0.3 is 20.1 Å². The van der Waals surface area contributed by atoms with Gasteiger partial charge in [-0.15, -0.1) is 24.8 Å². The molecule has 0 spiro atoms. The zero-order valence-corrected chi connectivity index (χ0v) is 15.0. The van der Waals surface area contributed by atoms with Crippen LogP contribution in [-0.4, -0.2) is 75.0 Å². The Balaban J connectivity index is 0.00000220. The van der Waals surface area contributed by atoms with E-state index in [2.05, 4.69) is 29.4 Å². The molecule has 3 unspecified atom stereocenters. The van der Waals surface area contributed by atoms with Gasteiger partial charge in [-0.3, -0.25) is 9.69 Å². The lowest BCUT2D eigenvalue weighted by molar-refractivity contribution is -0.134. The second kappa shape index (κ2) is 11.4. The normalized spacial score (nSPS) is 29.1. The maximum atomic E-state index is 11.8. The number of nitrogens with zero attached hydrogens (tertiary/aromatic N) is 1. The molecule has 132 valence electrons. The molecule has 0 bridgehead atoms. The molecule has 1 amide bonds. The van der Waals surface area contributed by atoms with E-state index in [-0.39, 0.29) is 36.8 Å². The maximum Gasteiger partial charge on any atom is 0.250 e. The van der Waals surface area contributed by atoms with Crippen LogP contribution in [0.4, 0.5) is 0 Å². The molecule has 6 nitrogen and oxygen atoms in total. The molecule has 0 aromatic heterocycles. The molecule has 2 saturated heterocycles. The fraction of sp³-hybridized carbons (Fsp3) is 0.929. The van der Waals surface area contributed by atoms with Crippen molar-refractivity contribution in [1.82, 2.24) is 15.5 Å². The first kappa shape index (κ1) is 21.9. The second-order valence-electron chi connectivity index (χ2n) is 5.73. The number of nitrogens with one attached hydrogen (secondary N) is 2. The van der Waals surface area contributed by atoms with Gasteiger partial charge in [0.15, 0.2) is 0 Å². The monoisotopic (exact) mass is 357 g/mol. The van der Waals surface area contributed by atoms with Crippen LogP contribution < -0.4 is 10.6 Å². The Morgan fingerprint density at radius 1 is 1.27 bits per heavy atom. The van der Waals surface area contributed by atoms with Gasteiger partial charge in [-0.25, -0.2) is 0 Å². The van der Waals surface area contributed by atoms with E-state index in [1.165, 1.54) is 0 Å². The predicted octanol–water partition coefficient (Wildman–Crippen LogP) is 0.434. The van der Waals surface area contributed by atoms with Crippen molar-refractivity contribution >= 4 is 30.7 Å². The van der Waals surface area contributed by atoms with Crippen LogP contribution in [0.15, 0.2) is 0 Å². The summed E-state index contributed by atoms with van der Waals surface area (Å²) >= 11 is 0. The van der Waals surface area contributed by atoms with Gasteiger partial charge in [0, 0.05) is 39.3 Å². The van der Waals surface area contributed by atoms with E-state index >= 15 is 0 Å². The number of hydrogen-bond acceptors (Lipinski definition) is 5. The Hall–Kier alpha value is -0.110. The summed E-state index contributed by atoms with van der Waals surface area (Å²) in [6, 6.07) is 0. The molecule has 0 radical (unpaired) electrons. The third-order valence-electron chi connectivity index (χ3n) is 3.67. The number of carbonyl (C=O) groups is 1. The van der Waals surface area contributed by atoms with Crippen molar-refractivity contribution in [2.75, 3.05) is 45.9 Å². The standard InChI is InChI=1S/C14H27N3O3.2ClH/c1-11-9-17(10-12(2)20-11)6-3-4-16-14(18)13-8-15-5-7-19-13;;/h11-13,15H,3-10H2,1-2H3,(H,16,18);2*1H. The minimum atomic E-state index is -0.327. The van der Waals surface area contributed by atoms with E-state index in [4.69, 9.17) is 9.47 Å². The number of amides is 1. The van der Waals surface area contributed by atoms with Crippen LogP contribution in [0.3, 0.4) is 0 Å². The predicted molar refractivity (Wildman–Crippen MR) is 91.2 cm³/mol. The molecule has 2 aliphatic rings. The summed E-state index contributed by atoms with van der Waals surface area (Å²) in [7, 11) is 0. The van der Waals surface area contributed by atoms with Crippen molar-refractivity contribution in [2.45, 2.75) is 38.6 Å². The van der Waals surface area contributed by atoms with Crippen molar-refractivity contribution in [2.24, 2.45) is 0 Å². The molecule has 2 N–H and O–H groups in total. The summed E-state index contributed by atoms with van der Waals surface area (Å²) in [4.78, 5) is 14.3. The van der Waals surface area contributed by atoms with Crippen LogP contribution in [0.25, 0.3) is 0 Å². The van der Waals surface area contributed by atoms with E-state index in [1.54, 1.807) is 0 Å². The van der Waals surface area contributed by atoms with Gasteiger partial charge in [0.25, 0.3) is 0 Å². The number of carbonyl (C=O) groups excluding carboxylic acids is 1. The average molecular weight is 358 g/mol. The van der Waals surface area contributed by atoms with Gasteiger partial charge in [-0.1, -0.05) is 0 Å². The summed E-state index contributed by atoms with van der Waals surface area (Å²) in [5.41, 5.74) is 0. The molecule has 0 saturated carbocycles. The fourth-order valence-electron chi connectivity index (χ4n) is 2.83. The number of ether oxygens (including phenoxy) is 2. The Morgan fingerprint density at radius 3 is 2.55 bits per heavy atom. The first-order chi connectivity index (χ1) is 9.65. The minimum absolute atomic E-state index is 0. The van der Waals surface area contributed by atoms with Crippen LogP contribution in [0, 0.1) is 0 Å². The Bertz CT molecular complexity index is 308. The SMILES string of the molecule is CC1CN(CCCNC(=O)C2CNCCO2)CC(C)O1.Cl.Cl. The zero-order valence-electron chi connectivity index (χ0n) is 13.4. The molecule has 2 aliphatic heterocycles. The second-order valence-corrected chi connectivity index (χ2v) is 5.73. The lowest BCUT2D eigenvalue weighted by Gasteiger charge is -2.35. The molecule has 2 fully saturated rings. The maximum absolute atomic E-state index is 11.8. The highest BCUT2D eigenvalue weighted by molar-refractivity contribution is 5.85. The van der Waals surface area contributed by atoms with Gasteiger partial charge >= 0.3 is 0 Å². The number of morpholine rings is 2. The van der Waals surface area contributed by atoms with Crippen molar-refractivity contribution < 1.29 is 14.3 Å². The number of hydrogen-bond donors (Lipinski definition) is 2. The average Bonchev–Trinajstić information content (AvgIpc) is 2.43. The van der Waals surface area contributed by atoms with Crippen LogP contribution in [-0.2, 0) is 14.3 Å². The van der Waals surface area contributed by atoms with E-state index < -0.39 is 0 Å². The number of rotatable bonds is 5. The smallest absolute Gasteiger partial charge is 0.250 e. The van der Waals surface area contributed by atoms with Crippen LogP contribution >= 0.6 is 24.8 Å². The molecule has 2 rings (SSSR count). The summed E-state index contributed by atoms with van der Waals surface area (Å²) < 4.78 is 11.1. The number of halogens is 2. The molecular formula is C14H29Cl2N3O3. The minimum Gasteiger partial charge on any atom is -0.373 e. The first-order valence-electron chi connectivity index (χ1n) is 7.63. The highest BCUT2D eigenvalue weighted by Crippen LogP contribution is 2.10. The highest BCUT2D eigenvalue weighted by Gasteiger charge is 2.23. The summed E-state index contributed by atoms with van der Waals surface area (Å²) in [5.74, 6) is 0.000846. The fourth-order valence-corrected chi connectivity index (χ4v) is 2.83. The third-order valence-corrected chi connectivity index (χ3v) is 3.67. The van der Waals surface area contributed by atoms with Crippen molar-refractivity contribution in [3.05, 3.63) is 0 Å². The summed E-state index contributed by atoms with van der Waals surface area (Å²) in [5, 5.41) is 6.11. The molecule has 0 aromatic carbocycles. The first-order valence-corrected chi connectivity index (χ1v) is 7.63. The lowest BCUT2D eigenvalue weighted by Crippen LogP contribution is -2.48. The summed E-state index contributed by atoms with van der Waals surface area (Å²) in [6.07, 6.45) is 1.24. The Kier molecular flexibility index (Phi) is 11.4. The van der Waals surface area contributed by atoms with Crippen LogP contribution in [0.1, 0.15) is 20.3 Å². The lowest BCUT2D eigenvalue weighted by atomic mass is 10.2. The zero-order chi connectivity index (χ0) is 14.4. The van der Waals surface area contributed by atoms with E-state index in [1.807, 2.05) is 0 Å². The summed E-state index contributed by atoms with van der Waals surface area (Å²) in [6.45, 7) is 9.95. The molecule has 8 heteroatoms. The highest BCUT2D eigenvalue weighted by atomic mass is 35.5. The van der Waals surface area contributed by atoms with Crippen LogP contribution in [0.5, 0.6) is 0 Å². The Labute approximate surface area is 145 Å². The topological polar surface area (TPSA) is 62.8 Å².